The van der Waals surface area contributed by atoms with Gasteiger partial charge >= 0.3 is 0 Å². The molecule has 0 aliphatic carbocycles. The highest BCUT2D eigenvalue weighted by atomic mass is 19.1. The second-order valence-corrected chi connectivity index (χ2v) is 4.12. The number of hydrazine groups is 1. The summed E-state index contributed by atoms with van der Waals surface area (Å²) in [4.78, 5) is 0. The molecule has 0 bridgehead atoms. The molecule has 1 fully saturated rings. The van der Waals surface area contributed by atoms with E-state index in [0.717, 1.165) is 25.2 Å². The van der Waals surface area contributed by atoms with Crippen molar-refractivity contribution in [3.63, 3.8) is 0 Å². The van der Waals surface area contributed by atoms with Crippen molar-refractivity contribution < 1.29 is 4.39 Å². The Morgan fingerprint density at radius 3 is 2.81 bits per heavy atom. The van der Waals surface area contributed by atoms with Gasteiger partial charge in [0.05, 0.1) is 6.04 Å². The molecule has 0 aromatic heterocycles. The van der Waals surface area contributed by atoms with Gasteiger partial charge in [0.15, 0.2) is 0 Å². The smallest absolute Gasteiger partial charge is 0.123 e. The summed E-state index contributed by atoms with van der Waals surface area (Å²) in [7, 11) is 0. The molecule has 2 unspecified atom stereocenters. The summed E-state index contributed by atoms with van der Waals surface area (Å²) in [5.41, 5.74) is 7.53. The summed E-state index contributed by atoms with van der Waals surface area (Å²) in [6.07, 6.45) is 0. The van der Waals surface area contributed by atoms with Gasteiger partial charge < -0.3 is 5.32 Å². The Bertz CT molecular complexity index is 326. The van der Waals surface area contributed by atoms with Crippen molar-refractivity contribution in [2.24, 2.45) is 5.92 Å². The molecule has 1 aliphatic rings. The van der Waals surface area contributed by atoms with Crippen molar-refractivity contribution >= 4 is 0 Å². The molecule has 16 heavy (non-hydrogen) atoms. The van der Waals surface area contributed by atoms with Crippen LogP contribution < -0.4 is 16.2 Å². The fourth-order valence-corrected chi connectivity index (χ4v) is 2.08. The van der Waals surface area contributed by atoms with Crippen LogP contribution in [0.5, 0.6) is 0 Å². The van der Waals surface area contributed by atoms with E-state index in [2.05, 4.69) is 23.1 Å². The van der Waals surface area contributed by atoms with Gasteiger partial charge in [-0.15, -0.1) is 0 Å². The van der Waals surface area contributed by atoms with Gasteiger partial charge in [-0.2, -0.15) is 0 Å². The molecule has 0 amide bonds. The number of hydrogen-bond donors (Lipinski definition) is 3. The van der Waals surface area contributed by atoms with Crippen LogP contribution in [0.25, 0.3) is 0 Å². The first kappa shape index (κ1) is 11.5. The summed E-state index contributed by atoms with van der Waals surface area (Å²) in [6.45, 7) is 4.99. The molecular weight excluding hydrogens is 205 g/mol. The van der Waals surface area contributed by atoms with Gasteiger partial charge in [0.25, 0.3) is 0 Å². The standard InChI is InChI=1S/C12H18FN3/c1-2-14-7-10-8-15-16-12(10)9-3-5-11(13)6-4-9/h3-6,10,12,14-16H,2,7-8H2,1H3. The summed E-state index contributed by atoms with van der Waals surface area (Å²) in [5.74, 6) is 0.323. The lowest BCUT2D eigenvalue weighted by Gasteiger charge is -2.18. The molecule has 2 rings (SSSR count). The number of nitrogens with one attached hydrogen (secondary N) is 3. The highest BCUT2D eigenvalue weighted by Gasteiger charge is 2.27. The second-order valence-electron chi connectivity index (χ2n) is 4.12. The van der Waals surface area contributed by atoms with Crippen LogP contribution in [0.15, 0.2) is 24.3 Å². The lowest BCUT2D eigenvalue weighted by atomic mass is 9.95. The van der Waals surface area contributed by atoms with Gasteiger partial charge in [0.2, 0.25) is 0 Å². The Kier molecular flexibility index (Phi) is 3.88. The molecule has 0 saturated carbocycles. The normalized spacial score (nSPS) is 24.9. The van der Waals surface area contributed by atoms with Crippen molar-refractivity contribution in [1.29, 1.82) is 0 Å². The molecule has 3 N–H and O–H groups in total. The fraction of sp³-hybridized carbons (Fsp3) is 0.500. The minimum absolute atomic E-state index is 0.182. The van der Waals surface area contributed by atoms with E-state index < -0.39 is 0 Å². The average Bonchev–Trinajstić information content (AvgIpc) is 2.75. The Morgan fingerprint density at radius 2 is 2.12 bits per heavy atom. The first-order valence-corrected chi connectivity index (χ1v) is 5.76. The van der Waals surface area contributed by atoms with Gasteiger partial charge in [-0.25, -0.2) is 9.82 Å². The van der Waals surface area contributed by atoms with E-state index in [0.29, 0.717) is 5.92 Å². The minimum Gasteiger partial charge on any atom is -0.317 e. The average molecular weight is 223 g/mol. The highest BCUT2D eigenvalue weighted by molar-refractivity contribution is 5.21. The molecule has 1 aromatic carbocycles. The van der Waals surface area contributed by atoms with Crippen molar-refractivity contribution in [2.45, 2.75) is 13.0 Å². The molecule has 1 aliphatic heterocycles. The Morgan fingerprint density at radius 1 is 1.38 bits per heavy atom. The van der Waals surface area contributed by atoms with Crippen molar-refractivity contribution in [3.05, 3.63) is 35.6 Å². The Balaban J connectivity index is 2.04. The number of halogens is 1. The quantitative estimate of drug-likeness (QED) is 0.718. The fourth-order valence-electron chi connectivity index (χ4n) is 2.08. The number of benzene rings is 1. The van der Waals surface area contributed by atoms with Gasteiger partial charge in [-0.1, -0.05) is 19.1 Å². The van der Waals surface area contributed by atoms with E-state index in [1.807, 2.05) is 12.1 Å². The van der Waals surface area contributed by atoms with E-state index in [9.17, 15) is 4.39 Å². The first-order chi connectivity index (χ1) is 7.81. The zero-order valence-electron chi connectivity index (χ0n) is 9.46. The third-order valence-corrected chi connectivity index (χ3v) is 2.98. The maximum atomic E-state index is 12.8. The van der Waals surface area contributed by atoms with Gasteiger partial charge in [0, 0.05) is 19.0 Å². The van der Waals surface area contributed by atoms with Crippen LogP contribution in [0.2, 0.25) is 0 Å². The maximum Gasteiger partial charge on any atom is 0.123 e. The van der Waals surface area contributed by atoms with Crippen LogP contribution >= 0.6 is 0 Å². The minimum atomic E-state index is -0.182. The molecule has 2 atom stereocenters. The predicted molar refractivity (Wildman–Crippen MR) is 62.3 cm³/mol. The van der Waals surface area contributed by atoms with Crippen LogP contribution in [-0.2, 0) is 0 Å². The van der Waals surface area contributed by atoms with E-state index >= 15 is 0 Å². The zero-order chi connectivity index (χ0) is 11.4. The summed E-state index contributed by atoms with van der Waals surface area (Å²) < 4.78 is 12.8. The topological polar surface area (TPSA) is 36.1 Å². The molecular formula is C12H18FN3. The molecule has 1 aromatic rings. The lowest BCUT2D eigenvalue weighted by molar-refractivity contribution is 0.447. The monoisotopic (exact) mass is 223 g/mol. The van der Waals surface area contributed by atoms with Gasteiger partial charge in [-0.3, -0.25) is 5.43 Å². The van der Waals surface area contributed by atoms with Gasteiger partial charge in [-0.05, 0) is 24.2 Å². The summed E-state index contributed by atoms with van der Waals surface area (Å²) in [6, 6.07) is 6.98. The molecule has 3 nitrogen and oxygen atoms in total. The second kappa shape index (κ2) is 5.39. The molecule has 1 heterocycles. The Hall–Kier alpha value is -0.970. The third kappa shape index (κ3) is 2.58. The molecule has 88 valence electrons. The summed E-state index contributed by atoms with van der Waals surface area (Å²) in [5, 5.41) is 3.35. The largest absolute Gasteiger partial charge is 0.317 e. The van der Waals surface area contributed by atoms with Crippen molar-refractivity contribution in [1.82, 2.24) is 16.2 Å². The molecule has 0 radical (unpaired) electrons. The van der Waals surface area contributed by atoms with Crippen LogP contribution in [0.3, 0.4) is 0 Å². The molecule has 4 heteroatoms. The van der Waals surface area contributed by atoms with E-state index in [-0.39, 0.29) is 11.9 Å². The number of rotatable bonds is 4. The first-order valence-electron chi connectivity index (χ1n) is 5.76. The summed E-state index contributed by atoms with van der Waals surface area (Å²) >= 11 is 0. The van der Waals surface area contributed by atoms with E-state index in [1.165, 1.54) is 12.1 Å². The lowest BCUT2D eigenvalue weighted by Crippen LogP contribution is -2.28. The maximum absolute atomic E-state index is 12.8. The predicted octanol–water partition coefficient (Wildman–Crippen LogP) is 1.20. The molecule has 0 spiro atoms. The van der Waals surface area contributed by atoms with Crippen molar-refractivity contribution in [3.8, 4) is 0 Å². The van der Waals surface area contributed by atoms with E-state index in [4.69, 9.17) is 0 Å². The number of hydrogen-bond acceptors (Lipinski definition) is 3. The third-order valence-electron chi connectivity index (χ3n) is 2.98. The van der Waals surface area contributed by atoms with E-state index in [1.54, 1.807) is 0 Å². The van der Waals surface area contributed by atoms with Crippen LogP contribution in [0, 0.1) is 11.7 Å². The zero-order valence-corrected chi connectivity index (χ0v) is 9.46. The highest BCUT2D eigenvalue weighted by Crippen LogP contribution is 2.24. The molecule has 1 saturated heterocycles. The Labute approximate surface area is 95.4 Å². The van der Waals surface area contributed by atoms with Crippen LogP contribution in [0.4, 0.5) is 4.39 Å². The van der Waals surface area contributed by atoms with Crippen LogP contribution in [0.1, 0.15) is 18.5 Å². The SMILES string of the molecule is CCNCC1CNNC1c1ccc(F)cc1. The van der Waals surface area contributed by atoms with Gasteiger partial charge in [0.1, 0.15) is 5.82 Å². The van der Waals surface area contributed by atoms with Crippen LogP contribution in [-0.4, -0.2) is 19.6 Å². The van der Waals surface area contributed by atoms with Crippen molar-refractivity contribution in [2.75, 3.05) is 19.6 Å².